The monoisotopic (exact) mass is 291 g/mol. The van der Waals surface area contributed by atoms with Gasteiger partial charge in [0.25, 0.3) is 0 Å². The number of rotatable bonds is 7. The van der Waals surface area contributed by atoms with E-state index in [-0.39, 0.29) is 11.8 Å². The lowest BCUT2D eigenvalue weighted by Crippen LogP contribution is -2.38. The lowest BCUT2D eigenvalue weighted by Gasteiger charge is -2.26. The van der Waals surface area contributed by atoms with Gasteiger partial charge >= 0.3 is 0 Å². The van der Waals surface area contributed by atoms with Gasteiger partial charge in [-0.3, -0.25) is 4.79 Å². The number of benzene rings is 1. The summed E-state index contributed by atoms with van der Waals surface area (Å²) in [5.74, 6) is 0.0934. The molecule has 1 aliphatic heterocycles. The quantitative estimate of drug-likeness (QED) is 0.794. The number of nitrogens with zero attached hydrogens (tertiary/aromatic N) is 1. The summed E-state index contributed by atoms with van der Waals surface area (Å²) in [5.41, 5.74) is 2.19. The first-order chi connectivity index (χ1) is 10.2. The second-order valence-corrected chi connectivity index (χ2v) is 5.44. The second kappa shape index (κ2) is 8.00. The molecule has 1 atom stereocenters. The number of methoxy groups -OCH3 is 1. The number of hydrogen-bond acceptors (Lipinski definition) is 4. The normalized spacial score (nSPS) is 17.2. The number of anilines is 1. The number of hydrogen-bond donors (Lipinski definition) is 2. The third-order valence-electron chi connectivity index (χ3n) is 3.87. The summed E-state index contributed by atoms with van der Waals surface area (Å²) in [6.45, 7) is 3.95. The molecule has 0 saturated carbocycles. The Morgan fingerprint density at radius 2 is 2.24 bits per heavy atom. The largest absolute Gasteiger partial charge is 0.385 e. The van der Waals surface area contributed by atoms with Crippen molar-refractivity contribution >= 4 is 11.6 Å². The summed E-state index contributed by atoms with van der Waals surface area (Å²) in [5, 5.41) is 6.39. The number of fused-ring (bicyclic) bond motifs is 1. The minimum absolute atomic E-state index is 0.0354. The van der Waals surface area contributed by atoms with Crippen molar-refractivity contribution in [1.82, 2.24) is 10.2 Å². The van der Waals surface area contributed by atoms with Crippen LogP contribution in [0, 0.1) is 0 Å². The van der Waals surface area contributed by atoms with E-state index in [9.17, 15) is 4.79 Å². The molecule has 21 heavy (non-hydrogen) atoms. The molecule has 0 aliphatic carbocycles. The Balaban J connectivity index is 1.82. The van der Waals surface area contributed by atoms with Gasteiger partial charge in [-0.25, -0.2) is 0 Å². The van der Waals surface area contributed by atoms with Gasteiger partial charge in [0.05, 0.1) is 12.5 Å². The molecule has 5 nitrogen and oxygen atoms in total. The summed E-state index contributed by atoms with van der Waals surface area (Å²) >= 11 is 0. The number of carbonyl (C=O) groups is 1. The van der Waals surface area contributed by atoms with Crippen molar-refractivity contribution < 1.29 is 9.53 Å². The third-order valence-corrected chi connectivity index (χ3v) is 3.87. The second-order valence-electron chi connectivity index (χ2n) is 5.44. The molecule has 0 saturated heterocycles. The van der Waals surface area contributed by atoms with Crippen molar-refractivity contribution in [3.63, 3.8) is 0 Å². The highest BCUT2D eigenvalue weighted by Crippen LogP contribution is 2.31. The van der Waals surface area contributed by atoms with Gasteiger partial charge in [-0.15, -0.1) is 0 Å². The zero-order chi connectivity index (χ0) is 15.1. The predicted octanol–water partition coefficient (Wildman–Crippen LogP) is 1.28. The van der Waals surface area contributed by atoms with E-state index in [0.717, 1.165) is 37.3 Å². The zero-order valence-corrected chi connectivity index (χ0v) is 12.9. The van der Waals surface area contributed by atoms with Gasteiger partial charge in [0.2, 0.25) is 5.91 Å². The van der Waals surface area contributed by atoms with E-state index in [2.05, 4.69) is 15.5 Å². The molecule has 2 rings (SSSR count). The van der Waals surface area contributed by atoms with Crippen LogP contribution in [0.3, 0.4) is 0 Å². The Bertz CT molecular complexity index is 465. The molecule has 0 aromatic heterocycles. The van der Waals surface area contributed by atoms with Crippen LogP contribution >= 0.6 is 0 Å². The van der Waals surface area contributed by atoms with Crippen molar-refractivity contribution in [1.29, 1.82) is 0 Å². The molecule has 1 aromatic carbocycles. The molecule has 1 unspecified atom stereocenters. The standard InChI is InChI=1S/C16H25N3O2/c1-19(11-12-21-2)10-9-18-16(20)14-7-8-17-15-6-4-3-5-13(14)15/h3-6,14,17H,7-12H2,1-2H3,(H,18,20). The SMILES string of the molecule is COCCN(C)CCNC(=O)C1CCNc2ccccc21. The summed E-state index contributed by atoms with van der Waals surface area (Å²) < 4.78 is 5.04. The minimum atomic E-state index is -0.0354. The first-order valence-corrected chi connectivity index (χ1v) is 7.50. The molecule has 1 amide bonds. The van der Waals surface area contributed by atoms with Gasteiger partial charge < -0.3 is 20.3 Å². The van der Waals surface area contributed by atoms with E-state index in [0.29, 0.717) is 13.2 Å². The van der Waals surface area contributed by atoms with Gasteiger partial charge in [0.1, 0.15) is 0 Å². The smallest absolute Gasteiger partial charge is 0.227 e. The molecule has 0 fully saturated rings. The fourth-order valence-corrected chi connectivity index (χ4v) is 2.59. The highest BCUT2D eigenvalue weighted by atomic mass is 16.5. The molecular weight excluding hydrogens is 266 g/mol. The van der Waals surface area contributed by atoms with Crippen LogP contribution in [0.15, 0.2) is 24.3 Å². The van der Waals surface area contributed by atoms with E-state index < -0.39 is 0 Å². The van der Waals surface area contributed by atoms with Crippen LogP contribution in [0.4, 0.5) is 5.69 Å². The van der Waals surface area contributed by atoms with Crippen molar-refractivity contribution in [2.24, 2.45) is 0 Å². The topological polar surface area (TPSA) is 53.6 Å². The first-order valence-electron chi connectivity index (χ1n) is 7.50. The summed E-state index contributed by atoms with van der Waals surface area (Å²) in [6, 6.07) is 8.06. The number of ether oxygens (including phenoxy) is 1. The van der Waals surface area contributed by atoms with Crippen LogP contribution in [0.25, 0.3) is 0 Å². The van der Waals surface area contributed by atoms with Crippen molar-refractivity contribution in [3.05, 3.63) is 29.8 Å². The lowest BCUT2D eigenvalue weighted by molar-refractivity contribution is -0.122. The highest BCUT2D eigenvalue weighted by Gasteiger charge is 2.25. The number of nitrogens with one attached hydrogen (secondary N) is 2. The van der Waals surface area contributed by atoms with Gasteiger partial charge in [-0.1, -0.05) is 18.2 Å². The summed E-state index contributed by atoms with van der Waals surface area (Å²) in [6.07, 6.45) is 0.850. The molecule has 0 radical (unpaired) electrons. The molecule has 1 heterocycles. The predicted molar refractivity (Wildman–Crippen MR) is 84.7 cm³/mol. The number of para-hydroxylation sites is 1. The summed E-state index contributed by atoms with van der Waals surface area (Å²) in [4.78, 5) is 14.5. The molecule has 116 valence electrons. The molecule has 1 aliphatic rings. The number of amides is 1. The van der Waals surface area contributed by atoms with Gasteiger partial charge in [0.15, 0.2) is 0 Å². The van der Waals surface area contributed by atoms with Gasteiger partial charge in [0, 0.05) is 39.0 Å². The average Bonchev–Trinajstić information content (AvgIpc) is 2.52. The van der Waals surface area contributed by atoms with E-state index in [4.69, 9.17) is 4.74 Å². The van der Waals surface area contributed by atoms with Crippen LogP contribution < -0.4 is 10.6 Å². The molecule has 1 aromatic rings. The zero-order valence-electron chi connectivity index (χ0n) is 12.9. The number of carbonyl (C=O) groups excluding carboxylic acids is 1. The van der Waals surface area contributed by atoms with Gasteiger partial charge in [-0.05, 0) is 25.1 Å². The Morgan fingerprint density at radius 1 is 1.43 bits per heavy atom. The summed E-state index contributed by atoms with van der Waals surface area (Å²) in [7, 11) is 3.73. The fourth-order valence-electron chi connectivity index (χ4n) is 2.59. The first kappa shape index (κ1) is 15.8. The van der Waals surface area contributed by atoms with Crippen LogP contribution in [0.1, 0.15) is 17.9 Å². The number of likely N-dealkylation sites (N-methyl/N-ethyl adjacent to an activating group) is 1. The average molecular weight is 291 g/mol. The van der Waals surface area contributed by atoms with Crippen LogP contribution in [-0.2, 0) is 9.53 Å². The highest BCUT2D eigenvalue weighted by molar-refractivity contribution is 5.86. The minimum Gasteiger partial charge on any atom is -0.385 e. The van der Waals surface area contributed by atoms with Crippen molar-refractivity contribution in [2.45, 2.75) is 12.3 Å². The van der Waals surface area contributed by atoms with Gasteiger partial charge in [-0.2, -0.15) is 0 Å². The Hall–Kier alpha value is -1.59. The fraction of sp³-hybridized carbons (Fsp3) is 0.562. The Kier molecular flexibility index (Phi) is 6.02. The maximum atomic E-state index is 12.4. The Morgan fingerprint density at radius 3 is 3.05 bits per heavy atom. The molecule has 0 spiro atoms. The van der Waals surface area contributed by atoms with E-state index in [1.165, 1.54) is 0 Å². The molecular formula is C16H25N3O2. The van der Waals surface area contributed by atoms with E-state index in [1.807, 2.05) is 31.3 Å². The van der Waals surface area contributed by atoms with E-state index in [1.54, 1.807) is 7.11 Å². The lowest BCUT2D eigenvalue weighted by atomic mass is 9.90. The van der Waals surface area contributed by atoms with Crippen LogP contribution in [0.5, 0.6) is 0 Å². The maximum Gasteiger partial charge on any atom is 0.227 e. The Labute approximate surface area is 126 Å². The molecule has 2 N–H and O–H groups in total. The van der Waals surface area contributed by atoms with Crippen molar-refractivity contribution in [2.75, 3.05) is 52.3 Å². The van der Waals surface area contributed by atoms with Crippen LogP contribution in [-0.4, -0.2) is 57.8 Å². The van der Waals surface area contributed by atoms with Crippen LogP contribution in [0.2, 0.25) is 0 Å². The molecule has 5 heteroatoms. The van der Waals surface area contributed by atoms with E-state index >= 15 is 0 Å². The van der Waals surface area contributed by atoms with Crippen molar-refractivity contribution in [3.8, 4) is 0 Å². The molecule has 0 bridgehead atoms. The maximum absolute atomic E-state index is 12.4. The third kappa shape index (κ3) is 4.44.